The van der Waals surface area contributed by atoms with E-state index in [-0.39, 0.29) is 12.6 Å². The highest BCUT2D eigenvalue weighted by Crippen LogP contribution is 2.11. The molecule has 0 bridgehead atoms. The van der Waals surface area contributed by atoms with E-state index in [9.17, 15) is 0 Å². The van der Waals surface area contributed by atoms with Crippen LogP contribution in [0.5, 0.6) is 0 Å². The standard InChI is InChI=1S/C6H12O2.C5H12O2.C2H4O/c1-7-6-4-2-3-5-8-6;1-4-7-5(2)6-3;1-2-3/h6H,2-5H2,1H3;5H,4H2,1-3H3;2H,1H3. The molecular weight excluding hydrogens is 236 g/mol. The lowest BCUT2D eigenvalue weighted by atomic mass is 10.2. The molecule has 110 valence electrons. The van der Waals surface area contributed by atoms with Crippen LogP contribution in [0.15, 0.2) is 0 Å². The number of carbonyl (C=O) groups excluding carboxylic acids is 1. The van der Waals surface area contributed by atoms with Gasteiger partial charge >= 0.3 is 0 Å². The number of methoxy groups -OCH3 is 2. The fourth-order valence-corrected chi connectivity index (χ4v) is 1.20. The van der Waals surface area contributed by atoms with Gasteiger partial charge in [0.25, 0.3) is 0 Å². The minimum absolute atomic E-state index is 0.0509. The zero-order valence-corrected chi connectivity index (χ0v) is 12.3. The molecule has 2 atom stereocenters. The smallest absolute Gasteiger partial charge is 0.157 e. The Bertz CT molecular complexity index is 157. The highest BCUT2D eigenvalue weighted by Gasteiger charge is 2.10. The van der Waals surface area contributed by atoms with Gasteiger partial charge in [-0.3, -0.25) is 0 Å². The molecule has 1 saturated heterocycles. The number of rotatable bonds is 4. The van der Waals surface area contributed by atoms with Crippen LogP contribution in [0.3, 0.4) is 0 Å². The Balaban J connectivity index is 0. The van der Waals surface area contributed by atoms with Crippen LogP contribution in [0.25, 0.3) is 0 Å². The molecule has 5 nitrogen and oxygen atoms in total. The Labute approximate surface area is 111 Å². The van der Waals surface area contributed by atoms with Gasteiger partial charge in [0.2, 0.25) is 0 Å². The number of hydrogen-bond acceptors (Lipinski definition) is 5. The topological polar surface area (TPSA) is 54.0 Å². The summed E-state index contributed by atoms with van der Waals surface area (Å²) in [5, 5.41) is 0. The lowest BCUT2D eigenvalue weighted by Gasteiger charge is -2.20. The molecule has 18 heavy (non-hydrogen) atoms. The summed E-state index contributed by atoms with van der Waals surface area (Å²) < 4.78 is 19.9. The van der Waals surface area contributed by atoms with E-state index in [0.717, 1.165) is 25.9 Å². The van der Waals surface area contributed by atoms with Crippen molar-refractivity contribution in [3.8, 4) is 0 Å². The van der Waals surface area contributed by atoms with Crippen molar-refractivity contribution in [1.82, 2.24) is 0 Å². The lowest BCUT2D eigenvalue weighted by molar-refractivity contribution is -0.145. The van der Waals surface area contributed by atoms with Crippen LogP contribution in [-0.2, 0) is 23.7 Å². The summed E-state index contributed by atoms with van der Waals surface area (Å²) in [6.07, 6.45) is 4.29. The van der Waals surface area contributed by atoms with Crippen LogP contribution in [0.2, 0.25) is 0 Å². The third-order valence-corrected chi connectivity index (χ3v) is 2.13. The van der Waals surface area contributed by atoms with Crippen LogP contribution >= 0.6 is 0 Å². The normalized spacial score (nSPS) is 19.7. The van der Waals surface area contributed by atoms with E-state index in [0.29, 0.717) is 0 Å². The van der Waals surface area contributed by atoms with E-state index >= 15 is 0 Å². The Morgan fingerprint density at radius 2 is 2.00 bits per heavy atom. The molecule has 0 aliphatic carbocycles. The van der Waals surface area contributed by atoms with Crippen molar-refractivity contribution >= 4 is 6.29 Å². The molecule has 1 aliphatic heterocycles. The summed E-state index contributed by atoms with van der Waals surface area (Å²) in [4.78, 5) is 8.81. The van der Waals surface area contributed by atoms with E-state index in [1.807, 2.05) is 13.8 Å². The molecule has 0 aromatic heterocycles. The van der Waals surface area contributed by atoms with Crippen LogP contribution in [0.1, 0.15) is 40.0 Å². The molecule has 0 amide bonds. The fourth-order valence-electron chi connectivity index (χ4n) is 1.20. The molecule has 5 heteroatoms. The average molecular weight is 264 g/mol. The van der Waals surface area contributed by atoms with Crippen molar-refractivity contribution in [3.63, 3.8) is 0 Å². The number of hydrogen-bond donors (Lipinski definition) is 0. The maximum atomic E-state index is 8.81. The summed E-state index contributed by atoms with van der Waals surface area (Å²) in [5.41, 5.74) is 0. The zero-order valence-electron chi connectivity index (χ0n) is 12.3. The van der Waals surface area contributed by atoms with Gasteiger partial charge in [0.15, 0.2) is 12.6 Å². The zero-order chi connectivity index (χ0) is 14.2. The predicted molar refractivity (Wildman–Crippen MR) is 70.4 cm³/mol. The summed E-state index contributed by atoms with van der Waals surface area (Å²) in [5.74, 6) is 0. The van der Waals surface area contributed by atoms with Gasteiger partial charge in [-0.1, -0.05) is 0 Å². The number of ether oxygens (including phenoxy) is 4. The van der Waals surface area contributed by atoms with E-state index < -0.39 is 0 Å². The van der Waals surface area contributed by atoms with Gasteiger partial charge in [-0.15, -0.1) is 0 Å². The van der Waals surface area contributed by atoms with E-state index in [4.69, 9.17) is 23.7 Å². The summed E-state index contributed by atoms with van der Waals surface area (Å²) >= 11 is 0. The summed E-state index contributed by atoms with van der Waals surface area (Å²) in [6, 6.07) is 0. The third-order valence-electron chi connectivity index (χ3n) is 2.13. The quantitative estimate of drug-likeness (QED) is 0.576. The molecule has 2 unspecified atom stereocenters. The van der Waals surface area contributed by atoms with Crippen molar-refractivity contribution in [2.45, 2.75) is 52.6 Å². The number of carbonyl (C=O) groups is 1. The van der Waals surface area contributed by atoms with Gasteiger partial charge in [-0.2, -0.15) is 0 Å². The molecule has 1 heterocycles. The van der Waals surface area contributed by atoms with Crippen molar-refractivity contribution in [2.75, 3.05) is 27.4 Å². The predicted octanol–water partition coefficient (Wildman–Crippen LogP) is 2.38. The van der Waals surface area contributed by atoms with Crippen molar-refractivity contribution in [2.24, 2.45) is 0 Å². The molecule has 0 aromatic rings. The molecule has 0 spiro atoms. The SMILES string of the molecule is CC=O.CCOC(C)OC.COC1CCCCO1. The molecule has 0 saturated carbocycles. The fraction of sp³-hybridized carbons (Fsp3) is 0.923. The first kappa shape index (κ1) is 19.8. The van der Waals surface area contributed by atoms with Crippen LogP contribution in [0.4, 0.5) is 0 Å². The van der Waals surface area contributed by atoms with Gasteiger partial charge in [0.1, 0.15) is 6.29 Å². The highest BCUT2D eigenvalue weighted by atomic mass is 16.7. The first-order valence-corrected chi connectivity index (χ1v) is 6.34. The van der Waals surface area contributed by atoms with E-state index in [1.54, 1.807) is 14.2 Å². The maximum absolute atomic E-state index is 8.81. The Kier molecular flexibility index (Phi) is 18.2. The third kappa shape index (κ3) is 15.5. The molecule has 1 rings (SSSR count). The Morgan fingerprint density at radius 3 is 2.22 bits per heavy atom. The first-order valence-electron chi connectivity index (χ1n) is 6.34. The Hall–Kier alpha value is -0.490. The van der Waals surface area contributed by atoms with Crippen molar-refractivity contribution < 1.29 is 23.7 Å². The summed E-state index contributed by atoms with van der Waals surface area (Å²) in [7, 11) is 3.32. The minimum atomic E-state index is -0.0509. The monoisotopic (exact) mass is 264 g/mol. The second-order valence-electron chi connectivity index (χ2n) is 3.53. The molecule has 0 radical (unpaired) electrons. The molecule has 1 aliphatic rings. The van der Waals surface area contributed by atoms with Crippen molar-refractivity contribution in [3.05, 3.63) is 0 Å². The van der Waals surface area contributed by atoms with Gasteiger partial charge < -0.3 is 23.7 Å². The van der Waals surface area contributed by atoms with Crippen LogP contribution in [-0.4, -0.2) is 46.3 Å². The van der Waals surface area contributed by atoms with Crippen LogP contribution < -0.4 is 0 Å². The van der Waals surface area contributed by atoms with Gasteiger partial charge in [0, 0.05) is 27.4 Å². The number of aldehydes is 1. The molecule has 1 fully saturated rings. The van der Waals surface area contributed by atoms with E-state index in [1.165, 1.54) is 19.8 Å². The van der Waals surface area contributed by atoms with Crippen LogP contribution in [0, 0.1) is 0 Å². The van der Waals surface area contributed by atoms with E-state index in [2.05, 4.69) is 0 Å². The molecular formula is C13H28O5. The van der Waals surface area contributed by atoms with Gasteiger partial charge in [-0.05, 0) is 40.0 Å². The largest absolute Gasteiger partial charge is 0.356 e. The Morgan fingerprint density at radius 1 is 1.39 bits per heavy atom. The summed E-state index contributed by atoms with van der Waals surface area (Å²) in [6.45, 7) is 6.84. The second-order valence-corrected chi connectivity index (χ2v) is 3.53. The highest BCUT2D eigenvalue weighted by molar-refractivity contribution is 5.44. The molecule has 0 N–H and O–H groups in total. The minimum Gasteiger partial charge on any atom is -0.356 e. The van der Waals surface area contributed by atoms with Gasteiger partial charge in [0.05, 0.1) is 0 Å². The first-order chi connectivity index (χ1) is 8.65. The van der Waals surface area contributed by atoms with Crippen molar-refractivity contribution in [1.29, 1.82) is 0 Å². The molecule has 0 aromatic carbocycles. The average Bonchev–Trinajstić information content (AvgIpc) is 2.41. The maximum Gasteiger partial charge on any atom is 0.157 e. The van der Waals surface area contributed by atoms with Gasteiger partial charge in [-0.25, -0.2) is 0 Å². The lowest BCUT2D eigenvalue weighted by Crippen LogP contribution is -2.20. The second kappa shape index (κ2) is 16.5.